The highest BCUT2D eigenvalue weighted by Gasteiger charge is 2.66. The van der Waals surface area contributed by atoms with E-state index in [0.29, 0.717) is 42.5 Å². The number of carboxylic acids is 1. The third kappa shape index (κ3) is 3.64. The first-order valence-electron chi connectivity index (χ1n) is 11.9. The molecule has 37 heavy (non-hydrogen) atoms. The highest BCUT2D eigenvalue weighted by atomic mass is 19.1. The number of nitrogens with zero attached hydrogens (tertiary/aromatic N) is 4. The lowest BCUT2D eigenvalue weighted by Crippen LogP contribution is -2.32. The molecule has 2 aliphatic rings. The Hall–Kier alpha value is -3.99. The molecule has 0 amide bonds. The number of aromatic nitrogens is 4. The second-order valence-electron chi connectivity index (χ2n) is 9.66. The smallest absolute Gasteiger partial charge is 0.308 e. The van der Waals surface area contributed by atoms with Crippen LogP contribution in [0, 0.1) is 29.3 Å². The predicted molar refractivity (Wildman–Crippen MR) is 129 cm³/mol. The summed E-state index contributed by atoms with van der Waals surface area (Å²) in [6.45, 7) is 1.72. The lowest BCUT2D eigenvalue weighted by Gasteiger charge is -2.26. The number of benzene rings is 2. The van der Waals surface area contributed by atoms with E-state index >= 15 is 0 Å². The zero-order chi connectivity index (χ0) is 25.9. The Bertz CT molecular complexity index is 1520. The Morgan fingerprint density at radius 1 is 1.16 bits per heavy atom. The Labute approximate surface area is 209 Å². The van der Waals surface area contributed by atoms with Crippen LogP contribution in [0.4, 0.5) is 19.0 Å². The summed E-state index contributed by atoms with van der Waals surface area (Å²) in [4.78, 5) is 22.1. The zero-order valence-corrected chi connectivity index (χ0v) is 19.6. The van der Waals surface area contributed by atoms with Crippen molar-refractivity contribution in [2.45, 2.75) is 18.3 Å². The molecule has 2 fully saturated rings. The topological polar surface area (TPSA) is 121 Å². The van der Waals surface area contributed by atoms with Crippen molar-refractivity contribution in [3.05, 3.63) is 71.2 Å². The number of H-pyrrole nitrogens is 1. The normalized spacial score (nSPS) is 22.8. The maximum atomic E-state index is 14.6. The lowest BCUT2D eigenvalue weighted by molar-refractivity contribution is -0.136. The molecule has 6 rings (SSSR count). The van der Waals surface area contributed by atoms with Crippen molar-refractivity contribution in [2.24, 2.45) is 17.6 Å². The number of rotatable bonds is 6. The van der Waals surface area contributed by atoms with Crippen molar-refractivity contribution >= 4 is 23.0 Å². The molecule has 3 heterocycles. The summed E-state index contributed by atoms with van der Waals surface area (Å²) in [6.07, 6.45) is 1.66. The number of nitrogens with one attached hydrogen (secondary N) is 1. The van der Waals surface area contributed by atoms with Crippen molar-refractivity contribution in [3.63, 3.8) is 0 Å². The van der Waals surface area contributed by atoms with E-state index in [2.05, 4.69) is 25.1 Å². The highest BCUT2D eigenvalue weighted by molar-refractivity contribution is 5.88. The van der Waals surface area contributed by atoms with E-state index in [-0.39, 0.29) is 28.6 Å². The second kappa shape index (κ2) is 8.55. The van der Waals surface area contributed by atoms with Crippen LogP contribution in [0.5, 0.6) is 0 Å². The van der Waals surface area contributed by atoms with Gasteiger partial charge in [-0.2, -0.15) is 5.10 Å². The molecule has 0 radical (unpaired) electrons. The van der Waals surface area contributed by atoms with Crippen molar-refractivity contribution in [3.8, 4) is 11.3 Å². The molecule has 1 aliphatic heterocycles. The number of aromatic amines is 1. The first-order valence-corrected chi connectivity index (χ1v) is 11.9. The highest BCUT2D eigenvalue weighted by Crippen LogP contribution is 2.63. The van der Waals surface area contributed by atoms with E-state index in [4.69, 9.17) is 10.8 Å². The van der Waals surface area contributed by atoms with Gasteiger partial charge < -0.3 is 15.7 Å². The van der Waals surface area contributed by atoms with Crippen molar-refractivity contribution in [1.29, 1.82) is 0 Å². The van der Waals surface area contributed by atoms with Gasteiger partial charge in [-0.3, -0.25) is 9.89 Å². The molecule has 0 spiro atoms. The molecule has 2 aromatic heterocycles. The van der Waals surface area contributed by atoms with Gasteiger partial charge >= 0.3 is 5.97 Å². The summed E-state index contributed by atoms with van der Waals surface area (Å²) >= 11 is 0. The number of halogens is 3. The summed E-state index contributed by atoms with van der Waals surface area (Å²) in [6, 6.07) is 8.91. The molecule has 0 bridgehead atoms. The minimum absolute atomic E-state index is 0.144. The number of fused-ring (bicyclic) bond motifs is 2. The lowest BCUT2D eigenvalue weighted by atomic mass is 9.91. The fourth-order valence-corrected chi connectivity index (χ4v) is 6.04. The number of anilines is 1. The first-order chi connectivity index (χ1) is 17.8. The SMILES string of the molecule is NC[C@]1(c2ccccc2F)[C@@H]2CCN(c3cnc4c(-c5cc(F)c(CC(=O)O)c(F)c5)[nH]nc4n3)C[C@@H]21. The predicted octanol–water partition coefficient (Wildman–Crippen LogP) is 3.42. The summed E-state index contributed by atoms with van der Waals surface area (Å²) in [7, 11) is 0. The second-order valence-corrected chi connectivity index (χ2v) is 9.66. The number of nitrogens with two attached hydrogens (primary N) is 1. The van der Waals surface area contributed by atoms with Crippen molar-refractivity contribution in [2.75, 3.05) is 24.5 Å². The standard InChI is InChI=1S/C26H23F3N6O2/c27-18-4-2-1-3-16(18)26(12-30)15-5-6-35(11-17(15)26)21-10-31-24-23(33-34-25(24)32-21)13-7-19(28)14(9-22(36)37)20(29)8-13/h1-4,7-8,10,15,17H,5-6,9,11-12,30H2,(H,36,37)(H,32,33,34)/t15-,17+,26-/m1/s1. The Morgan fingerprint density at radius 2 is 1.92 bits per heavy atom. The van der Waals surface area contributed by atoms with Gasteiger partial charge in [0.25, 0.3) is 0 Å². The van der Waals surface area contributed by atoms with Crippen LogP contribution in [0.3, 0.4) is 0 Å². The molecule has 190 valence electrons. The summed E-state index contributed by atoms with van der Waals surface area (Å²) in [5.74, 6) is -2.40. The molecule has 4 aromatic rings. The molecular formula is C26H23F3N6O2. The number of piperidine rings is 1. The van der Waals surface area contributed by atoms with Crippen LogP contribution >= 0.6 is 0 Å². The van der Waals surface area contributed by atoms with Gasteiger partial charge in [0.05, 0.1) is 18.3 Å². The molecule has 2 aromatic carbocycles. The minimum atomic E-state index is -1.33. The molecule has 3 atom stereocenters. The van der Waals surface area contributed by atoms with Gasteiger partial charge in [0.15, 0.2) is 0 Å². The number of carboxylic acid groups (broad SMARTS) is 1. The molecule has 8 nitrogen and oxygen atoms in total. The van der Waals surface area contributed by atoms with E-state index in [9.17, 15) is 18.0 Å². The van der Waals surface area contributed by atoms with Crippen LogP contribution in [0.25, 0.3) is 22.4 Å². The average molecular weight is 509 g/mol. The summed E-state index contributed by atoms with van der Waals surface area (Å²) in [5, 5.41) is 15.8. The van der Waals surface area contributed by atoms with Gasteiger partial charge in [0.1, 0.15) is 28.8 Å². The van der Waals surface area contributed by atoms with Gasteiger partial charge in [-0.05, 0) is 42.0 Å². The summed E-state index contributed by atoms with van der Waals surface area (Å²) < 4.78 is 43.5. The van der Waals surface area contributed by atoms with Gasteiger partial charge in [0.2, 0.25) is 5.65 Å². The number of aliphatic carboxylic acids is 1. The van der Waals surface area contributed by atoms with Crippen LogP contribution in [0.15, 0.2) is 42.6 Å². The Kier molecular flexibility index (Phi) is 5.41. The van der Waals surface area contributed by atoms with Gasteiger partial charge in [-0.1, -0.05) is 18.2 Å². The quantitative estimate of drug-likeness (QED) is 0.365. The molecule has 1 aliphatic carbocycles. The fourth-order valence-electron chi connectivity index (χ4n) is 6.04. The van der Waals surface area contributed by atoms with E-state index in [0.717, 1.165) is 18.6 Å². The number of hydrogen-bond acceptors (Lipinski definition) is 6. The molecule has 1 saturated heterocycles. The van der Waals surface area contributed by atoms with E-state index in [1.54, 1.807) is 12.3 Å². The monoisotopic (exact) mass is 508 g/mol. The third-order valence-electron chi connectivity index (χ3n) is 7.87. The Balaban J connectivity index is 1.27. The van der Waals surface area contributed by atoms with Gasteiger partial charge in [-0.25, -0.2) is 23.1 Å². The third-order valence-corrected chi connectivity index (χ3v) is 7.87. The van der Waals surface area contributed by atoms with E-state index in [1.807, 2.05) is 12.1 Å². The maximum Gasteiger partial charge on any atom is 0.308 e. The molecular weight excluding hydrogens is 485 g/mol. The Morgan fingerprint density at radius 3 is 2.62 bits per heavy atom. The van der Waals surface area contributed by atoms with Crippen LogP contribution in [0.2, 0.25) is 0 Å². The van der Waals surface area contributed by atoms with Gasteiger partial charge in [0, 0.05) is 36.2 Å². The van der Waals surface area contributed by atoms with E-state index in [1.165, 1.54) is 6.07 Å². The molecule has 11 heteroatoms. The minimum Gasteiger partial charge on any atom is -0.481 e. The first kappa shape index (κ1) is 23.4. The fraction of sp³-hybridized carbons (Fsp3) is 0.308. The van der Waals surface area contributed by atoms with Crippen LogP contribution < -0.4 is 10.6 Å². The largest absolute Gasteiger partial charge is 0.481 e. The molecule has 1 saturated carbocycles. The van der Waals surface area contributed by atoms with Crippen molar-refractivity contribution in [1.82, 2.24) is 20.2 Å². The molecule has 4 N–H and O–H groups in total. The average Bonchev–Trinajstić information content (AvgIpc) is 3.33. The maximum absolute atomic E-state index is 14.6. The summed E-state index contributed by atoms with van der Waals surface area (Å²) in [5.41, 5.74) is 6.98. The zero-order valence-electron chi connectivity index (χ0n) is 19.6. The van der Waals surface area contributed by atoms with Crippen LogP contribution in [-0.2, 0) is 16.6 Å². The number of hydrogen-bond donors (Lipinski definition) is 3. The van der Waals surface area contributed by atoms with E-state index < -0.39 is 35.0 Å². The van der Waals surface area contributed by atoms with Crippen LogP contribution in [-0.4, -0.2) is 50.9 Å². The number of carbonyl (C=O) groups is 1. The molecule has 0 unspecified atom stereocenters. The van der Waals surface area contributed by atoms with Crippen LogP contribution in [0.1, 0.15) is 17.5 Å². The van der Waals surface area contributed by atoms with Crippen molar-refractivity contribution < 1.29 is 23.1 Å². The van der Waals surface area contributed by atoms with Gasteiger partial charge in [-0.15, -0.1) is 0 Å².